The summed E-state index contributed by atoms with van der Waals surface area (Å²) < 4.78 is 6.12. The first kappa shape index (κ1) is 13.7. The zero-order valence-electron chi connectivity index (χ0n) is 12.8. The van der Waals surface area contributed by atoms with Crippen LogP contribution in [-0.2, 0) is 11.3 Å². The Hall–Kier alpha value is -0.930. The van der Waals surface area contributed by atoms with E-state index in [2.05, 4.69) is 22.0 Å². The van der Waals surface area contributed by atoms with Gasteiger partial charge < -0.3 is 9.64 Å². The lowest BCUT2D eigenvalue weighted by molar-refractivity contribution is 0.0267. The van der Waals surface area contributed by atoms with Crippen LogP contribution in [0.4, 0.5) is 0 Å². The average molecular weight is 286 g/mol. The van der Waals surface area contributed by atoms with Crippen molar-refractivity contribution in [2.45, 2.75) is 38.7 Å². The summed E-state index contributed by atoms with van der Waals surface area (Å²) in [5, 5.41) is 0. The predicted octanol–water partition coefficient (Wildman–Crippen LogP) is 3.11. The van der Waals surface area contributed by atoms with Crippen molar-refractivity contribution < 1.29 is 4.74 Å². The Labute approximate surface area is 127 Å². The predicted molar refractivity (Wildman–Crippen MR) is 82.8 cm³/mol. The van der Waals surface area contributed by atoms with Crippen molar-refractivity contribution in [3.8, 4) is 0 Å². The van der Waals surface area contributed by atoms with Crippen molar-refractivity contribution in [3.63, 3.8) is 0 Å². The van der Waals surface area contributed by atoms with Crippen LogP contribution in [0.5, 0.6) is 0 Å². The van der Waals surface area contributed by atoms with E-state index in [0.29, 0.717) is 5.41 Å². The SMILES string of the molecule is c1cc(COC[C@]23CCC[C@H]2CN(CC2CC2)C3)ccn1. The van der Waals surface area contributed by atoms with Gasteiger partial charge in [0.15, 0.2) is 0 Å². The lowest BCUT2D eigenvalue weighted by Crippen LogP contribution is -2.32. The maximum atomic E-state index is 6.12. The van der Waals surface area contributed by atoms with Crippen LogP contribution < -0.4 is 0 Å². The molecule has 0 N–H and O–H groups in total. The normalized spacial score (nSPS) is 32.5. The summed E-state index contributed by atoms with van der Waals surface area (Å²) in [5.41, 5.74) is 1.70. The van der Waals surface area contributed by atoms with Gasteiger partial charge in [-0.1, -0.05) is 6.42 Å². The van der Waals surface area contributed by atoms with Gasteiger partial charge in [0.2, 0.25) is 0 Å². The Balaban J connectivity index is 1.33. The Morgan fingerprint density at radius 2 is 2.10 bits per heavy atom. The standard InChI is InChI=1S/C18H26N2O/c1-2-17-11-20(10-15-3-4-15)13-18(17,7-1)14-21-12-16-5-8-19-9-6-16/h5-6,8-9,15,17H,1-4,7,10-14H2/t17-,18+/m0/s1. The Bertz CT molecular complexity index is 473. The summed E-state index contributed by atoms with van der Waals surface area (Å²) >= 11 is 0. The third-order valence-corrected chi connectivity index (χ3v) is 5.73. The number of pyridine rings is 1. The van der Waals surface area contributed by atoms with E-state index >= 15 is 0 Å². The maximum Gasteiger partial charge on any atom is 0.0718 e. The molecule has 1 aromatic heterocycles. The molecular formula is C18H26N2O. The molecule has 0 radical (unpaired) electrons. The number of nitrogens with zero attached hydrogens (tertiary/aromatic N) is 2. The number of ether oxygens (including phenoxy) is 1. The highest BCUT2D eigenvalue weighted by atomic mass is 16.5. The first-order valence-corrected chi connectivity index (χ1v) is 8.53. The molecule has 3 aliphatic rings. The maximum absolute atomic E-state index is 6.12. The zero-order valence-corrected chi connectivity index (χ0v) is 12.8. The van der Waals surface area contributed by atoms with Gasteiger partial charge in [0.1, 0.15) is 0 Å². The minimum atomic E-state index is 0.460. The molecule has 3 fully saturated rings. The summed E-state index contributed by atoms with van der Waals surface area (Å²) in [5.74, 6) is 1.90. The van der Waals surface area contributed by atoms with Crippen molar-refractivity contribution in [1.29, 1.82) is 0 Å². The van der Waals surface area contributed by atoms with Crippen LogP contribution >= 0.6 is 0 Å². The Kier molecular flexibility index (Phi) is 3.72. The van der Waals surface area contributed by atoms with Crippen LogP contribution in [0.1, 0.15) is 37.7 Å². The molecule has 1 aromatic rings. The number of hydrogen-bond acceptors (Lipinski definition) is 3. The van der Waals surface area contributed by atoms with Crippen LogP contribution in [0.15, 0.2) is 24.5 Å². The van der Waals surface area contributed by atoms with Crippen molar-refractivity contribution in [3.05, 3.63) is 30.1 Å². The molecular weight excluding hydrogens is 260 g/mol. The van der Waals surface area contributed by atoms with E-state index in [9.17, 15) is 0 Å². The van der Waals surface area contributed by atoms with Crippen molar-refractivity contribution in [1.82, 2.24) is 9.88 Å². The second-order valence-electron chi connectivity index (χ2n) is 7.44. The molecule has 2 heterocycles. The Morgan fingerprint density at radius 3 is 2.90 bits per heavy atom. The molecule has 1 aliphatic heterocycles. The number of fused-ring (bicyclic) bond motifs is 1. The van der Waals surface area contributed by atoms with Crippen LogP contribution in [0, 0.1) is 17.3 Å². The molecule has 3 nitrogen and oxygen atoms in total. The first-order valence-electron chi connectivity index (χ1n) is 8.53. The highest BCUT2D eigenvalue weighted by molar-refractivity contribution is 5.08. The minimum absolute atomic E-state index is 0.460. The molecule has 21 heavy (non-hydrogen) atoms. The topological polar surface area (TPSA) is 25.4 Å². The van der Waals surface area contributed by atoms with E-state index < -0.39 is 0 Å². The molecule has 2 atom stereocenters. The number of likely N-dealkylation sites (tertiary alicyclic amines) is 1. The molecule has 0 bridgehead atoms. The van der Waals surface area contributed by atoms with E-state index in [1.165, 1.54) is 57.3 Å². The van der Waals surface area contributed by atoms with Gasteiger partial charge in [-0.05, 0) is 55.2 Å². The summed E-state index contributed by atoms with van der Waals surface area (Å²) in [6, 6.07) is 4.11. The second kappa shape index (κ2) is 5.69. The zero-order chi connectivity index (χ0) is 14.1. The number of rotatable bonds is 6. The second-order valence-corrected chi connectivity index (χ2v) is 7.44. The summed E-state index contributed by atoms with van der Waals surface area (Å²) in [4.78, 5) is 6.80. The van der Waals surface area contributed by atoms with E-state index in [-0.39, 0.29) is 0 Å². The molecule has 1 saturated heterocycles. The molecule has 0 unspecified atom stereocenters. The Morgan fingerprint density at radius 1 is 1.24 bits per heavy atom. The van der Waals surface area contributed by atoms with Crippen LogP contribution in [0.2, 0.25) is 0 Å². The number of hydrogen-bond donors (Lipinski definition) is 0. The van der Waals surface area contributed by atoms with Gasteiger partial charge in [-0.15, -0.1) is 0 Å². The molecule has 0 amide bonds. The molecule has 2 saturated carbocycles. The van der Waals surface area contributed by atoms with E-state index in [0.717, 1.165) is 25.0 Å². The lowest BCUT2D eigenvalue weighted by atomic mass is 9.81. The molecule has 114 valence electrons. The third-order valence-electron chi connectivity index (χ3n) is 5.73. The van der Waals surface area contributed by atoms with Crippen molar-refractivity contribution in [2.24, 2.45) is 17.3 Å². The van der Waals surface area contributed by atoms with E-state index in [1.807, 2.05) is 12.4 Å². The fourth-order valence-electron chi connectivity index (χ4n) is 4.42. The van der Waals surface area contributed by atoms with Crippen LogP contribution in [0.25, 0.3) is 0 Å². The molecule has 0 spiro atoms. The first-order chi connectivity index (χ1) is 10.3. The fraction of sp³-hybridized carbons (Fsp3) is 0.722. The van der Waals surface area contributed by atoms with Gasteiger partial charge in [-0.25, -0.2) is 0 Å². The van der Waals surface area contributed by atoms with Gasteiger partial charge in [-0.3, -0.25) is 4.98 Å². The number of aromatic nitrogens is 1. The minimum Gasteiger partial charge on any atom is -0.376 e. The molecule has 4 rings (SSSR count). The average Bonchev–Trinajstić information content (AvgIpc) is 3.12. The quantitative estimate of drug-likeness (QED) is 0.803. The highest BCUT2D eigenvalue weighted by Gasteiger charge is 2.49. The van der Waals surface area contributed by atoms with Crippen LogP contribution in [-0.4, -0.2) is 36.1 Å². The summed E-state index contributed by atoms with van der Waals surface area (Å²) in [6.45, 7) is 5.64. The smallest absolute Gasteiger partial charge is 0.0718 e. The van der Waals surface area contributed by atoms with E-state index in [4.69, 9.17) is 4.74 Å². The van der Waals surface area contributed by atoms with Crippen molar-refractivity contribution >= 4 is 0 Å². The van der Waals surface area contributed by atoms with Gasteiger partial charge in [0, 0.05) is 37.4 Å². The molecule has 3 heteroatoms. The van der Waals surface area contributed by atoms with Gasteiger partial charge in [-0.2, -0.15) is 0 Å². The lowest BCUT2D eigenvalue weighted by Gasteiger charge is -2.29. The largest absolute Gasteiger partial charge is 0.376 e. The monoisotopic (exact) mass is 286 g/mol. The van der Waals surface area contributed by atoms with Crippen molar-refractivity contribution in [2.75, 3.05) is 26.2 Å². The third kappa shape index (κ3) is 3.00. The highest BCUT2D eigenvalue weighted by Crippen LogP contribution is 2.49. The summed E-state index contributed by atoms with van der Waals surface area (Å²) in [6.07, 6.45) is 10.8. The van der Waals surface area contributed by atoms with Crippen LogP contribution in [0.3, 0.4) is 0 Å². The molecule has 0 aromatic carbocycles. The van der Waals surface area contributed by atoms with Gasteiger partial charge in [0.05, 0.1) is 13.2 Å². The fourth-order valence-corrected chi connectivity index (χ4v) is 4.42. The molecule has 2 aliphatic carbocycles. The summed E-state index contributed by atoms with van der Waals surface area (Å²) in [7, 11) is 0. The van der Waals surface area contributed by atoms with Gasteiger partial charge in [0.25, 0.3) is 0 Å². The van der Waals surface area contributed by atoms with E-state index in [1.54, 1.807) is 0 Å². The van der Waals surface area contributed by atoms with Gasteiger partial charge >= 0.3 is 0 Å².